The summed E-state index contributed by atoms with van der Waals surface area (Å²) in [6, 6.07) is 0. The van der Waals surface area contributed by atoms with Crippen molar-refractivity contribution in [3.63, 3.8) is 0 Å². The Morgan fingerprint density at radius 2 is 1.92 bits per heavy atom. The molecule has 0 amide bonds. The molecule has 0 spiro atoms. The van der Waals surface area contributed by atoms with Crippen LogP contribution in [0.25, 0.3) is 0 Å². The molecule has 0 bridgehead atoms. The number of ketones is 1. The lowest BCUT2D eigenvalue weighted by Gasteiger charge is -2.28. The smallest absolute Gasteiger partial charge is 0.155 e. The molecular formula is C11H18O. The van der Waals surface area contributed by atoms with Crippen LogP contribution >= 0.6 is 0 Å². The van der Waals surface area contributed by atoms with E-state index in [1.165, 1.54) is 5.57 Å². The first-order valence-electron chi connectivity index (χ1n) is 4.86. The molecular weight excluding hydrogens is 148 g/mol. The van der Waals surface area contributed by atoms with Gasteiger partial charge in [0.2, 0.25) is 0 Å². The molecule has 1 aliphatic rings. The molecule has 0 atom stereocenters. The summed E-state index contributed by atoms with van der Waals surface area (Å²) in [5, 5.41) is 0. The van der Waals surface area contributed by atoms with Gasteiger partial charge in [-0.3, -0.25) is 4.79 Å². The average Bonchev–Trinajstić information content (AvgIpc) is 2.51. The summed E-state index contributed by atoms with van der Waals surface area (Å²) in [6.07, 6.45) is 5.89. The van der Waals surface area contributed by atoms with Gasteiger partial charge in [-0.15, -0.1) is 0 Å². The third-order valence-corrected chi connectivity index (χ3v) is 3.31. The normalized spacial score (nSPS) is 18.2. The summed E-state index contributed by atoms with van der Waals surface area (Å²) in [6.45, 7) is 6.66. The van der Waals surface area contributed by atoms with Gasteiger partial charge in [0.15, 0.2) is 5.78 Å². The van der Waals surface area contributed by atoms with Gasteiger partial charge < -0.3 is 0 Å². The highest BCUT2D eigenvalue weighted by atomic mass is 16.1. The molecule has 0 fully saturated rings. The van der Waals surface area contributed by atoms with E-state index >= 15 is 0 Å². The van der Waals surface area contributed by atoms with Gasteiger partial charge in [-0.05, 0) is 30.8 Å². The van der Waals surface area contributed by atoms with Crippen molar-refractivity contribution in [2.75, 3.05) is 0 Å². The maximum absolute atomic E-state index is 11.1. The van der Waals surface area contributed by atoms with Crippen molar-refractivity contribution in [3.05, 3.63) is 11.6 Å². The standard InChI is InChI=1S/C11H18O/c1-4-11(3,5-2)9-6-7-10(12)8-9/h8H,4-7H2,1-3H3. The van der Waals surface area contributed by atoms with Gasteiger partial charge in [-0.25, -0.2) is 0 Å². The average molecular weight is 166 g/mol. The number of rotatable bonds is 3. The Bertz CT molecular complexity index is 209. The summed E-state index contributed by atoms with van der Waals surface area (Å²) in [7, 11) is 0. The Balaban J connectivity index is 2.80. The lowest BCUT2D eigenvalue weighted by atomic mass is 9.77. The molecule has 1 rings (SSSR count). The second-order valence-electron chi connectivity index (χ2n) is 3.90. The van der Waals surface area contributed by atoms with E-state index in [4.69, 9.17) is 0 Å². The minimum atomic E-state index is 0.284. The third kappa shape index (κ3) is 1.60. The second-order valence-corrected chi connectivity index (χ2v) is 3.90. The number of carbonyl (C=O) groups excluding carboxylic acids is 1. The summed E-state index contributed by atoms with van der Waals surface area (Å²) in [5.41, 5.74) is 1.66. The Morgan fingerprint density at radius 1 is 1.33 bits per heavy atom. The van der Waals surface area contributed by atoms with E-state index in [0.717, 1.165) is 25.7 Å². The number of hydrogen-bond acceptors (Lipinski definition) is 1. The van der Waals surface area contributed by atoms with Crippen LogP contribution in [0.4, 0.5) is 0 Å². The van der Waals surface area contributed by atoms with Crippen molar-refractivity contribution >= 4 is 5.78 Å². The van der Waals surface area contributed by atoms with E-state index in [9.17, 15) is 4.79 Å². The number of allylic oxidation sites excluding steroid dienone is 2. The Labute approximate surface area is 74.9 Å². The molecule has 1 nitrogen and oxygen atoms in total. The summed E-state index contributed by atoms with van der Waals surface area (Å²) in [5.74, 6) is 0.318. The molecule has 68 valence electrons. The van der Waals surface area contributed by atoms with E-state index < -0.39 is 0 Å². The molecule has 0 aliphatic heterocycles. The van der Waals surface area contributed by atoms with Crippen LogP contribution in [-0.2, 0) is 4.79 Å². The van der Waals surface area contributed by atoms with Gasteiger partial charge in [0.1, 0.15) is 0 Å². The van der Waals surface area contributed by atoms with Crippen LogP contribution in [0.2, 0.25) is 0 Å². The quantitative estimate of drug-likeness (QED) is 0.629. The van der Waals surface area contributed by atoms with Crippen LogP contribution in [-0.4, -0.2) is 5.78 Å². The molecule has 0 aromatic carbocycles. The van der Waals surface area contributed by atoms with Crippen LogP contribution in [0.1, 0.15) is 46.5 Å². The molecule has 12 heavy (non-hydrogen) atoms. The topological polar surface area (TPSA) is 17.1 Å². The predicted octanol–water partition coefficient (Wildman–Crippen LogP) is 3.10. The summed E-state index contributed by atoms with van der Waals surface area (Å²) >= 11 is 0. The fourth-order valence-corrected chi connectivity index (χ4v) is 1.78. The van der Waals surface area contributed by atoms with Crippen LogP contribution in [0, 0.1) is 5.41 Å². The minimum absolute atomic E-state index is 0.284. The van der Waals surface area contributed by atoms with E-state index in [-0.39, 0.29) is 5.41 Å². The first-order valence-corrected chi connectivity index (χ1v) is 4.86. The molecule has 1 aliphatic carbocycles. The lowest BCUT2D eigenvalue weighted by molar-refractivity contribution is -0.114. The second kappa shape index (κ2) is 3.42. The SMILES string of the molecule is CCC(C)(CC)C1=CC(=O)CC1. The Kier molecular flexibility index (Phi) is 2.71. The fourth-order valence-electron chi connectivity index (χ4n) is 1.78. The highest BCUT2D eigenvalue weighted by Crippen LogP contribution is 2.39. The van der Waals surface area contributed by atoms with Crippen LogP contribution in [0.15, 0.2) is 11.6 Å². The third-order valence-electron chi connectivity index (χ3n) is 3.31. The molecule has 0 unspecified atom stereocenters. The van der Waals surface area contributed by atoms with Crippen molar-refractivity contribution in [2.24, 2.45) is 5.41 Å². The maximum Gasteiger partial charge on any atom is 0.155 e. The van der Waals surface area contributed by atoms with E-state index in [1.54, 1.807) is 0 Å². The molecule has 0 heterocycles. The summed E-state index contributed by atoms with van der Waals surface area (Å²) in [4.78, 5) is 11.1. The largest absolute Gasteiger partial charge is 0.295 e. The molecule has 0 saturated heterocycles. The molecule has 0 aromatic rings. The zero-order valence-electron chi connectivity index (χ0n) is 8.31. The van der Waals surface area contributed by atoms with Crippen LogP contribution in [0.3, 0.4) is 0 Å². The molecule has 0 saturated carbocycles. The van der Waals surface area contributed by atoms with E-state index in [1.807, 2.05) is 6.08 Å². The highest BCUT2D eigenvalue weighted by Gasteiger charge is 2.28. The Hall–Kier alpha value is -0.590. The van der Waals surface area contributed by atoms with Crippen LogP contribution in [0.5, 0.6) is 0 Å². The van der Waals surface area contributed by atoms with Gasteiger partial charge in [0.05, 0.1) is 0 Å². The van der Waals surface area contributed by atoms with Crippen molar-refractivity contribution in [1.29, 1.82) is 0 Å². The van der Waals surface area contributed by atoms with Crippen molar-refractivity contribution in [1.82, 2.24) is 0 Å². The summed E-state index contributed by atoms with van der Waals surface area (Å²) < 4.78 is 0. The highest BCUT2D eigenvalue weighted by molar-refractivity contribution is 5.93. The van der Waals surface area contributed by atoms with Gasteiger partial charge in [-0.2, -0.15) is 0 Å². The lowest BCUT2D eigenvalue weighted by Crippen LogP contribution is -2.15. The maximum atomic E-state index is 11.1. The molecule has 0 radical (unpaired) electrons. The number of hydrogen-bond donors (Lipinski definition) is 0. The minimum Gasteiger partial charge on any atom is -0.295 e. The molecule has 0 aromatic heterocycles. The Morgan fingerprint density at radius 3 is 2.25 bits per heavy atom. The number of carbonyl (C=O) groups is 1. The predicted molar refractivity (Wildman–Crippen MR) is 51.0 cm³/mol. The van der Waals surface area contributed by atoms with Gasteiger partial charge in [0, 0.05) is 6.42 Å². The van der Waals surface area contributed by atoms with Gasteiger partial charge in [0.25, 0.3) is 0 Å². The molecule has 1 heteroatoms. The van der Waals surface area contributed by atoms with Crippen molar-refractivity contribution in [3.8, 4) is 0 Å². The van der Waals surface area contributed by atoms with Gasteiger partial charge in [-0.1, -0.05) is 26.3 Å². The zero-order valence-corrected chi connectivity index (χ0v) is 8.31. The first kappa shape index (κ1) is 9.50. The monoisotopic (exact) mass is 166 g/mol. The first-order chi connectivity index (χ1) is 5.62. The van der Waals surface area contributed by atoms with Crippen LogP contribution < -0.4 is 0 Å². The zero-order chi connectivity index (χ0) is 9.19. The van der Waals surface area contributed by atoms with E-state index in [0.29, 0.717) is 5.78 Å². The van der Waals surface area contributed by atoms with Gasteiger partial charge >= 0.3 is 0 Å². The van der Waals surface area contributed by atoms with E-state index in [2.05, 4.69) is 20.8 Å². The fraction of sp³-hybridized carbons (Fsp3) is 0.727. The van der Waals surface area contributed by atoms with Crippen molar-refractivity contribution in [2.45, 2.75) is 46.5 Å². The molecule has 0 N–H and O–H groups in total. The van der Waals surface area contributed by atoms with Crippen molar-refractivity contribution < 1.29 is 4.79 Å².